The van der Waals surface area contributed by atoms with Crippen LogP contribution in [0.25, 0.3) is 33.5 Å². The van der Waals surface area contributed by atoms with E-state index in [-0.39, 0.29) is 22.1 Å². The number of benzene rings is 2. The quantitative estimate of drug-likeness (QED) is 0.493. The topological polar surface area (TPSA) is 74.3 Å². The molecule has 4 rings (SSSR count). The van der Waals surface area contributed by atoms with Gasteiger partial charge in [-0.2, -0.15) is 4.98 Å². The summed E-state index contributed by atoms with van der Waals surface area (Å²) in [5.41, 5.74) is 0.437. The van der Waals surface area contributed by atoms with Crippen molar-refractivity contribution in [1.82, 2.24) is 9.55 Å². The van der Waals surface area contributed by atoms with E-state index >= 15 is 0 Å². The second kappa shape index (κ2) is 7.31. The smallest absolute Gasteiger partial charge is 0.269 e. The van der Waals surface area contributed by atoms with Crippen molar-refractivity contribution in [2.24, 2.45) is 0 Å². The summed E-state index contributed by atoms with van der Waals surface area (Å²) < 4.78 is 12.7. The van der Waals surface area contributed by atoms with Gasteiger partial charge in [-0.15, -0.1) is 0 Å². The Kier molecular flexibility index (Phi) is 4.69. The number of ether oxygens (including phenoxy) is 1. The van der Waals surface area contributed by atoms with Gasteiger partial charge in [-0.05, 0) is 18.6 Å². The fourth-order valence-electron chi connectivity index (χ4n) is 3.27. The van der Waals surface area contributed by atoms with Crippen molar-refractivity contribution in [3.05, 3.63) is 69.1 Å². The molecule has 0 atom stereocenters. The van der Waals surface area contributed by atoms with Gasteiger partial charge in [-0.25, -0.2) is 0 Å². The van der Waals surface area contributed by atoms with Gasteiger partial charge < -0.3 is 9.15 Å². The lowest BCUT2D eigenvalue weighted by molar-refractivity contribution is 0.414. The summed E-state index contributed by atoms with van der Waals surface area (Å²) in [7, 11) is 1.54. The standard InChI is InChI=1S/C22H20N2O4/c1-3-4-12-24-20(14-8-6-5-7-9-14)23-21-18(22(24)26)19(25)16-11-10-15(27-2)13-17(16)28-21/h5-11,13H,3-4,12H2,1-2H3. The van der Waals surface area contributed by atoms with Crippen LogP contribution >= 0.6 is 0 Å². The lowest BCUT2D eigenvalue weighted by Gasteiger charge is -2.13. The predicted octanol–water partition coefficient (Wildman–Crippen LogP) is 3.98. The molecule has 142 valence electrons. The van der Waals surface area contributed by atoms with Gasteiger partial charge in [0.2, 0.25) is 11.1 Å². The molecule has 4 aromatic rings. The number of methoxy groups -OCH3 is 1. The Morgan fingerprint density at radius 1 is 1.11 bits per heavy atom. The van der Waals surface area contributed by atoms with Crippen molar-refractivity contribution in [3.8, 4) is 17.1 Å². The number of nitrogens with zero attached hydrogens (tertiary/aromatic N) is 2. The van der Waals surface area contributed by atoms with Crippen molar-refractivity contribution in [1.29, 1.82) is 0 Å². The van der Waals surface area contributed by atoms with E-state index in [1.54, 1.807) is 29.9 Å². The molecular weight excluding hydrogens is 356 g/mol. The minimum atomic E-state index is -0.374. The van der Waals surface area contributed by atoms with E-state index in [4.69, 9.17) is 9.15 Å². The highest BCUT2D eigenvalue weighted by molar-refractivity contribution is 5.88. The Hall–Kier alpha value is -3.41. The van der Waals surface area contributed by atoms with Crippen molar-refractivity contribution in [3.63, 3.8) is 0 Å². The van der Waals surface area contributed by atoms with Gasteiger partial charge in [0.25, 0.3) is 5.56 Å². The molecule has 0 spiro atoms. The van der Waals surface area contributed by atoms with Gasteiger partial charge in [-0.1, -0.05) is 43.7 Å². The first kappa shape index (κ1) is 18.0. The van der Waals surface area contributed by atoms with Gasteiger partial charge >= 0.3 is 0 Å². The molecule has 0 saturated heterocycles. The molecule has 0 radical (unpaired) electrons. The van der Waals surface area contributed by atoms with Gasteiger partial charge in [-0.3, -0.25) is 14.2 Å². The monoisotopic (exact) mass is 376 g/mol. The van der Waals surface area contributed by atoms with Crippen LogP contribution in [0, 0.1) is 0 Å². The van der Waals surface area contributed by atoms with Crippen LogP contribution in [0.4, 0.5) is 0 Å². The van der Waals surface area contributed by atoms with E-state index in [9.17, 15) is 9.59 Å². The van der Waals surface area contributed by atoms with Crippen LogP contribution in [-0.4, -0.2) is 16.7 Å². The molecule has 2 aromatic heterocycles. The average molecular weight is 376 g/mol. The average Bonchev–Trinajstić information content (AvgIpc) is 2.73. The minimum Gasteiger partial charge on any atom is -0.497 e. The number of hydrogen-bond acceptors (Lipinski definition) is 5. The Bertz CT molecular complexity index is 1270. The summed E-state index contributed by atoms with van der Waals surface area (Å²) in [5.74, 6) is 1.06. The van der Waals surface area contributed by atoms with E-state index in [2.05, 4.69) is 11.9 Å². The van der Waals surface area contributed by atoms with Crippen LogP contribution in [0.15, 0.2) is 62.5 Å². The summed E-state index contributed by atoms with van der Waals surface area (Å²) >= 11 is 0. The molecule has 28 heavy (non-hydrogen) atoms. The molecule has 0 saturated carbocycles. The van der Waals surface area contributed by atoms with Crippen molar-refractivity contribution < 1.29 is 9.15 Å². The number of rotatable bonds is 5. The van der Waals surface area contributed by atoms with Crippen molar-refractivity contribution in [2.45, 2.75) is 26.3 Å². The zero-order valence-corrected chi connectivity index (χ0v) is 15.8. The summed E-state index contributed by atoms with van der Waals surface area (Å²) in [6.45, 7) is 2.54. The summed E-state index contributed by atoms with van der Waals surface area (Å²) in [6.07, 6.45) is 1.73. The first-order valence-electron chi connectivity index (χ1n) is 9.25. The molecule has 0 aliphatic rings. The van der Waals surface area contributed by atoms with E-state index in [0.717, 1.165) is 18.4 Å². The van der Waals surface area contributed by atoms with E-state index in [1.807, 2.05) is 30.3 Å². The van der Waals surface area contributed by atoms with Crippen molar-refractivity contribution >= 4 is 22.1 Å². The molecule has 0 aliphatic carbocycles. The highest BCUT2D eigenvalue weighted by atomic mass is 16.5. The number of aromatic nitrogens is 2. The number of unbranched alkanes of at least 4 members (excludes halogenated alkanes) is 1. The molecule has 0 aliphatic heterocycles. The molecule has 6 nitrogen and oxygen atoms in total. The Morgan fingerprint density at radius 2 is 1.89 bits per heavy atom. The first-order valence-corrected chi connectivity index (χ1v) is 9.25. The third-order valence-corrected chi connectivity index (χ3v) is 4.77. The zero-order chi connectivity index (χ0) is 19.7. The fourth-order valence-corrected chi connectivity index (χ4v) is 3.27. The van der Waals surface area contributed by atoms with E-state index in [0.29, 0.717) is 29.1 Å². The summed E-state index contributed by atoms with van der Waals surface area (Å²) in [5, 5.41) is 0.315. The largest absolute Gasteiger partial charge is 0.497 e. The first-order chi connectivity index (χ1) is 13.6. The fraction of sp³-hybridized carbons (Fsp3) is 0.227. The maximum atomic E-state index is 13.3. The highest BCUT2D eigenvalue weighted by Crippen LogP contribution is 2.23. The van der Waals surface area contributed by atoms with Gasteiger partial charge in [0.05, 0.1) is 12.5 Å². The number of hydrogen-bond donors (Lipinski definition) is 0. The molecule has 0 fully saturated rings. The predicted molar refractivity (Wildman–Crippen MR) is 109 cm³/mol. The summed E-state index contributed by atoms with van der Waals surface area (Å²) in [6, 6.07) is 14.4. The van der Waals surface area contributed by atoms with Crippen LogP contribution in [0.1, 0.15) is 19.8 Å². The molecule has 2 aromatic carbocycles. The molecule has 0 N–H and O–H groups in total. The minimum absolute atomic E-state index is 0.0200. The molecular formula is C22H20N2O4. The lowest BCUT2D eigenvalue weighted by atomic mass is 10.1. The highest BCUT2D eigenvalue weighted by Gasteiger charge is 2.18. The second-order valence-corrected chi connectivity index (χ2v) is 6.59. The second-order valence-electron chi connectivity index (χ2n) is 6.59. The maximum absolute atomic E-state index is 13.3. The Balaban J connectivity index is 2.09. The lowest BCUT2D eigenvalue weighted by Crippen LogP contribution is -2.27. The third kappa shape index (κ3) is 2.97. The summed E-state index contributed by atoms with van der Waals surface area (Å²) in [4.78, 5) is 30.9. The van der Waals surface area contributed by atoms with Crippen LogP contribution in [-0.2, 0) is 6.54 Å². The van der Waals surface area contributed by atoms with Gasteiger partial charge in [0.1, 0.15) is 17.2 Å². The Morgan fingerprint density at radius 3 is 2.61 bits per heavy atom. The third-order valence-electron chi connectivity index (χ3n) is 4.77. The SMILES string of the molecule is CCCCn1c(-c2ccccc2)nc2oc3cc(OC)ccc3c(=O)c2c1=O. The molecule has 0 bridgehead atoms. The number of fused-ring (bicyclic) bond motifs is 2. The molecule has 6 heteroatoms. The van der Waals surface area contributed by atoms with Gasteiger partial charge in [0.15, 0.2) is 5.39 Å². The van der Waals surface area contributed by atoms with Crippen LogP contribution in [0.5, 0.6) is 5.75 Å². The Labute approximate surface area is 161 Å². The molecule has 2 heterocycles. The van der Waals surface area contributed by atoms with Crippen LogP contribution < -0.4 is 15.7 Å². The van der Waals surface area contributed by atoms with Gasteiger partial charge in [0, 0.05) is 18.2 Å². The van der Waals surface area contributed by atoms with E-state index in [1.165, 1.54) is 0 Å². The van der Waals surface area contributed by atoms with Crippen LogP contribution in [0.3, 0.4) is 0 Å². The van der Waals surface area contributed by atoms with Crippen LogP contribution in [0.2, 0.25) is 0 Å². The normalized spacial score (nSPS) is 11.2. The zero-order valence-electron chi connectivity index (χ0n) is 15.8. The van der Waals surface area contributed by atoms with E-state index < -0.39 is 0 Å². The maximum Gasteiger partial charge on any atom is 0.269 e. The molecule has 0 amide bonds. The molecule has 0 unspecified atom stereocenters. The van der Waals surface area contributed by atoms with Crippen molar-refractivity contribution in [2.75, 3.05) is 7.11 Å².